The maximum Gasteiger partial charge on any atom is 0.249 e. The van der Waals surface area contributed by atoms with Gasteiger partial charge in [0.2, 0.25) is 17.6 Å². The van der Waals surface area contributed by atoms with Crippen molar-refractivity contribution in [1.29, 1.82) is 0 Å². The first-order valence-electron chi connectivity index (χ1n) is 8.04. The van der Waals surface area contributed by atoms with Crippen LogP contribution < -0.4 is 5.32 Å². The molecule has 3 aromatic rings. The van der Waals surface area contributed by atoms with E-state index in [0.29, 0.717) is 17.5 Å². The Bertz CT molecular complexity index is 836. The number of rotatable bonds is 6. The molecule has 0 aliphatic carbocycles. The van der Waals surface area contributed by atoms with Gasteiger partial charge in [0.05, 0.1) is 6.26 Å². The van der Waals surface area contributed by atoms with Crippen LogP contribution in [0.25, 0.3) is 17.7 Å². The van der Waals surface area contributed by atoms with E-state index in [2.05, 4.69) is 15.5 Å². The molecular formula is C19H19N3O3. The summed E-state index contributed by atoms with van der Waals surface area (Å²) in [4.78, 5) is 16.6. The van der Waals surface area contributed by atoms with Gasteiger partial charge in [0.25, 0.3) is 0 Å². The minimum absolute atomic E-state index is 0.0824. The molecule has 0 aliphatic heterocycles. The highest BCUT2D eigenvalue weighted by Crippen LogP contribution is 2.23. The van der Waals surface area contributed by atoms with Gasteiger partial charge in [-0.05, 0) is 29.7 Å². The third-order valence-electron chi connectivity index (χ3n) is 3.64. The number of hydrogen-bond donors (Lipinski definition) is 1. The third kappa shape index (κ3) is 4.23. The van der Waals surface area contributed by atoms with Crippen molar-refractivity contribution in [3.05, 3.63) is 66.3 Å². The number of amides is 1. The summed E-state index contributed by atoms with van der Waals surface area (Å²) >= 11 is 0. The molecule has 0 spiro atoms. The highest BCUT2D eigenvalue weighted by Gasteiger charge is 2.24. The van der Waals surface area contributed by atoms with Gasteiger partial charge in [0.1, 0.15) is 6.04 Å². The second-order valence-corrected chi connectivity index (χ2v) is 5.91. The first-order valence-corrected chi connectivity index (χ1v) is 8.04. The van der Waals surface area contributed by atoms with Gasteiger partial charge in [0, 0.05) is 6.08 Å². The molecule has 2 aromatic heterocycles. The van der Waals surface area contributed by atoms with E-state index in [-0.39, 0.29) is 17.9 Å². The molecule has 128 valence electrons. The SMILES string of the molecule is CC(C)C(NC(=O)/C=C/c1ccccc1)c1nc(-c2ccco2)no1. The van der Waals surface area contributed by atoms with E-state index in [1.165, 1.54) is 6.08 Å². The molecule has 0 radical (unpaired) electrons. The zero-order valence-corrected chi connectivity index (χ0v) is 14.0. The van der Waals surface area contributed by atoms with Crippen molar-refractivity contribution in [3.63, 3.8) is 0 Å². The van der Waals surface area contributed by atoms with Crippen LogP contribution in [0.4, 0.5) is 0 Å². The molecule has 6 heteroatoms. The number of carbonyl (C=O) groups is 1. The summed E-state index contributed by atoms with van der Waals surface area (Å²) in [5.74, 6) is 1.09. The van der Waals surface area contributed by atoms with E-state index >= 15 is 0 Å². The van der Waals surface area contributed by atoms with Gasteiger partial charge < -0.3 is 14.3 Å². The van der Waals surface area contributed by atoms with Crippen molar-refractivity contribution in [1.82, 2.24) is 15.5 Å². The molecule has 0 saturated carbocycles. The van der Waals surface area contributed by atoms with Gasteiger partial charge in [-0.1, -0.05) is 49.3 Å². The molecule has 6 nitrogen and oxygen atoms in total. The van der Waals surface area contributed by atoms with Gasteiger partial charge in [0.15, 0.2) is 5.76 Å². The molecule has 1 atom stereocenters. The lowest BCUT2D eigenvalue weighted by molar-refractivity contribution is -0.117. The standard InChI is InChI=1S/C19H19N3O3/c1-13(2)17(19-21-18(22-25-19)15-9-6-12-24-15)20-16(23)11-10-14-7-4-3-5-8-14/h3-13,17H,1-2H3,(H,20,23)/b11-10+. The maximum atomic E-state index is 12.2. The Hall–Kier alpha value is -3.15. The zero-order valence-electron chi connectivity index (χ0n) is 14.0. The lowest BCUT2D eigenvalue weighted by atomic mass is 10.0. The van der Waals surface area contributed by atoms with E-state index in [9.17, 15) is 4.79 Å². The van der Waals surface area contributed by atoms with Gasteiger partial charge in [-0.2, -0.15) is 4.98 Å². The molecule has 0 fully saturated rings. The molecule has 0 aliphatic rings. The Morgan fingerprint density at radius 3 is 2.64 bits per heavy atom. The molecule has 0 saturated heterocycles. The maximum absolute atomic E-state index is 12.2. The Kier molecular flexibility index (Phi) is 5.09. The normalized spacial score (nSPS) is 12.6. The first kappa shape index (κ1) is 16.7. The average Bonchev–Trinajstić information content (AvgIpc) is 3.29. The van der Waals surface area contributed by atoms with Crippen molar-refractivity contribution in [3.8, 4) is 11.6 Å². The number of furan rings is 1. The van der Waals surface area contributed by atoms with E-state index in [1.807, 2.05) is 44.2 Å². The number of hydrogen-bond acceptors (Lipinski definition) is 5. The van der Waals surface area contributed by atoms with E-state index in [0.717, 1.165) is 5.56 Å². The lowest BCUT2D eigenvalue weighted by Gasteiger charge is -2.17. The number of aromatic nitrogens is 2. The van der Waals surface area contributed by atoms with Crippen molar-refractivity contribution in [2.75, 3.05) is 0 Å². The molecule has 0 bridgehead atoms. The highest BCUT2D eigenvalue weighted by atomic mass is 16.5. The van der Waals surface area contributed by atoms with Crippen LogP contribution in [0.2, 0.25) is 0 Å². The van der Waals surface area contributed by atoms with Crippen molar-refractivity contribution >= 4 is 12.0 Å². The van der Waals surface area contributed by atoms with Crippen LogP contribution in [0.1, 0.15) is 31.3 Å². The summed E-state index contributed by atoms with van der Waals surface area (Å²) in [5, 5.41) is 6.82. The number of carbonyl (C=O) groups excluding carboxylic acids is 1. The Balaban J connectivity index is 1.71. The van der Waals surface area contributed by atoms with Crippen LogP contribution in [0.5, 0.6) is 0 Å². The number of benzene rings is 1. The van der Waals surface area contributed by atoms with Crippen molar-refractivity contribution in [2.45, 2.75) is 19.9 Å². The topological polar surface area (TPSA) is 81.2 Å². The summed E-state index contributed by atoms with van der Waals surface area (Å²) < 4.78 is 10.6. The molecular weight excluding hydrogens is 318 g/mol. The molecule has 1 amide bonds. The monoisotopic (exact) mass is 337 g/mol. The van der Waals surface area contributed by atoms with Crippen LogP contribution in [-0.2, 0) is 4.79 Å². The van der Waals surface area contributed by atoms with E-state index in [4.69, 9.17) is 8.94 Å². The average molecular weight is 337 g/mol. The minimum Gasteiger partial charge on any atom is -0.461 e. The zero-order chi connectivity index (χ0) is 17.6. The number of nitrogens with zero attached hydrogens (tertiary/aromatic N) is 2. The lowest BCUT2D eigenvalue weighted by Crippen LogP contribution is -2.30. The molecule has 1 unspecified atom stereocenters. The van der Waals surface area contributed by atoms with Crippen LogP contribution in [0.15, 0.2) is 63.7 Å². The minimum atomic E-state index is -0.385. The summed E-state index contributed by atoms with van der Waals surface area (Å²) in [7, 11) is 0. The highest BCUT2D eigenvalue weighted by molar-refractivity contribution is 5.91. The Morgan fingerprint density at radius 1 is 1.16 bits per heavy atom. The first-order chi connectivity index (χ1) is 12.1. The largest absolute Gasteiger partial charge is 0.461 e. The van der Waals surface area contributed by atoms with Gasteiger partial charge in [-0.25, -0.2) is 0 Å². The fourth-order valence-electron chi connectivity index (χ4n) is 2.32. The Labute approximate surface area is 145 Å². The molecule has 1 aromatic carbocycles. The van der Waals surface area contributed by atoms with Crippen molar-refractivity contribution in [2.24, 2.45) is 5.92 Å². The fourth-order valence-corrected chi connectivity index (χ4v) is 2.32. The van der Waals surface area contributed by atoms with Crippen molar-refractivity contribution < 1.29 is 13.7 Å². The summed E-state index contributed by atoms with van der Waals surface area (Å²) in [6.45, 7) is 3.95. The number of nitrogens with one attached hydrogen (secondary N) is 1. The second kappa shape index (κ2) is 7.61. The predicted molar refractivity (Wildman–Crippen MR) is 93.2 cm³/mol. The fraction of sp³-hybridized carbons (Fsp3) is 0.211. The Morgan fingerprint density at radius 2 is 1.96 bits per heavy atom. The molecule has 2 heterocycles. The van der Waals surface area contributed by atoms with Gasteiger partial charge >= 0.3 is 0 Å². The van der Waals surface area contributed by atoms with E-state index < -0.39 is 0 Å². The molecule has 1 N–H and O–H groups in total. The second-order valence-electron chi connectivity index (χ2n) is 5.91. The van der Waals surface area contributed by atoms with Gasteiger partial charge in [-0.3, -0.25) is 4.79 Å². The molecule has 25 heavy (non-hydrogen) atoms. The van der Waals surface area contributed by atoms with E-state index in [1.54, 1.807) is 24.5 Å². The smallest absolute Gasteiger partial charge is 0.249 e. The van der Waals surface area contributed by atoms with Gasteiger partial charge in [-0.15, -0.1) is 0 Å². The summed E-state index contributed by atoms with van der Waals surface area (Å²) in [5.41, 5.74) is 0.955. The van der Waals surface area contributed by atoms with Crippen LogP contribution >= 0.6 is 0 Å². The quantitative estimate of drug-likeness (QED) is 0.691. The predicted octanol–water partition coefficient (Wildman–Crippen LogP) is 3.86. The third-order valence-corrected chi connectivity index (χ3v) is 3.64. The summed E-state index contributed by atoms with van der Waals surface area (Å²) in [6, 6.07) is 12.7. The van der Waals surface area contributed by atoms with Crippen LogP contribution in [-0.4, -0.2) is 16.0 Å². The van der Waals surface area contributed by atoms with Crippen LogP contribution in [0, 0.1) is 5.92 Å². The summed E-state index contributed by atoms with van der Waals surface area (Å²) in [6.07, 6.45) is 4.80. The van der Waals surface area contributed by atoms with Crippen LogP contribution in [0.3, 0.4) is 0 Å². The molecule has 3 rings (SSSR count).